The lowest BCUT2D eigenvalue weighted by atomic mass is 10.1. The Morgan fingerprint density at radius 1 is 1.37 bits per heavy atom. The molecule has 2 amide bonds. The zero-order chi connectivity index (χ0) is 18.8. The number of hydrogen-bond acceptors (Lipinski definition) is 4. The molecule has 3 heterocycles. The third-order valence-corrected chi connectivity index (χ3v) is 4.69. The highest BCUT2D eigenvalue weighted by Crippen LogP contribution is 2.16. The molecule has 1 fully saturated rings. The van der Waals surface area contributed by atoms with E-state index in [1.54, 1.807) is 23.5 Å². The van der Waals surface area contributed by atoms with Gasteiger partial charge in [-0.25, -0.2) is 14.4 Å². The minimum Gasteiger partial charge on any atom is -0.353 e. The van der Waals surface area contributed by atoms with E-state index in [9.17, 15) is 14.0 Å². The highest BCUT2D eigenvalue weighted by molar-refractivity contribution is 5.89. The van der Waals surface area contributed by atoms with Gasteiger partial charge in [-0.3, -0.25) is 9.59 Å². The van der Waals surface area contributed by atoms with Gasteiger partial charge in [0.1, 0.15) is 17.7 Å². The van der Waals surface area contributed by atoms with E-state index in [2.05, 4.69) is 25.3 Å². The van der Waals surface area contributed by atoms with Crippen molar-refractivity contribution < 1.29 is 14.0 Å². The van der Waals surface area contributed by atoms with Crippen molar-refractivity contribution in [3.05, 3.63) is 48.1 Å². The molecule has 3 N–H and O–H groups in total. The molecule has 0 bridgehead atoms. The number of H-pyrrole nitrogens is 2. The fraction of sp³-hybridized carbons (Fsp3) is 0.333. The predicted molar refractivity (Wildman–Crippen MR) is 95.2 cm³/mol. The van der Waals surface area contributed by atoms with E-state index < -0.39 is 6.04 Å². The zero-order valence-corrected chi connectivity index (χ0v) is 14.5. The number of rotatable bonds is 5. The molecule has 0 spiro atoms. The van der Waals surface area contributed by atoms with Crippen molar-refractivity contribution in [2.75, 3.05) is 13.1 Å². The van der Waals surface area contributed by atoms with Crippen LogP contribution in [0.1, 0.15) is 17.9 Å². The maximum atomic E-state index is 13.3. The van der Waals surface area contributed by atoms with Gasteiger partial charge in [-0.05, 0) is 18.2 Å². The second-order valence-corrected chi connectivity index (χ2v) is 6.52. The summed E-state index contributed by atoms with van der Waals surface area (Å²) in [6.45, 7) is 0.905. The Bertz CT molecular complexity index is 968. The molecular weight excluding hydrogens is 351 g/mol. The third kappa shape index (κ3) is 3.67. The van der Waals surface area contributed by atoms with Gasteiger partial charge in [0.15, 0.2) is 0 Å². The maximum Gasteiger partial charge on any atom is 0.243 e. The lowest BCUT2D eigenvalue weighted by Crippen LogP contribution is -2.58. The predicted octanol–water partition coefficient (Wildman–Crippen LogP) is 0.927. The van der Waals surface area contributed by atoms with Gasteiger partial charge in [0.05, 0.1) is 17.4 Å². The van der Waals surface area contributed by atoms with Crippen molar-refractivity contribution in [1.82, 2.24) is 30.2 Å². The van der Waals surface area contributed by atoms with E-state index in [0.717, 1.165) is 5.69 Å². The van der Waals surface area contributed by atoms with Crippen molar-refractivity contribution in [3.8, 4) is 0 Å². The van der Waals surface area contributed by atoms with E-state index in [0.29, 0.717) is 42.8 Å². The number of fused-ring (bicyclic) bond motifs is 1. The molecule has 0 unspecified atom stereocenters. The first kappa shape index (κ1) is 17.2. The number of carbonyl (C=O) groups is 2. The van der Waals surface area contributed by atoms with Crippen LogP contribution in [0.2, 0.25) is 0 Å². The lowest BCUT2D eigenvalue weighted by Gasteiger charge is -2.35. The molecule has 1 aliphatic heterocycles. The molecule has 2 aromatic heterocycles. The number of halogens is 1. The monoisotopic (exact) mass is 370 g/mol. The second kappa shape index (κ2) is 7.18. The number of aryl methyl sites for hydroxylation is 1. The second-order valence-electron chi connectivity index (χ2n) is 6.52. The molecule has 1 aromatic carbocycles. The van der Waals surface area contributed by atoms with Gasteiger partial charge >= 0.3 is 0 Å². The quantitative estimate of drug-likeness (QED) is 0.621. The number of amides is 2. The number of nitrogens with one attached hydrogen (secondary N) is 3. The van der Waals surface area contributed by atoms with Crippen molar-refractivity contribution in [2.24, 2.45) is 0 Å². The number of piperazine rings is 1. The third-order valence-electron chi connectivity index (χ3n) is 4.69. The fourth-order valence-corrected chi connectivity index (χ4v) is 3.34. The van der Waals surface area contributed by atoms with Gasteiger partial charge < -0.3 is 20.2 Å². The zero-order valence-electron chi connectivity index (χ0n) is 14.5. The summed E-state index contributed by atoms with van der Waals surface area (Å²) in [5.74, 6) is 0.00898. The standard InChI is InChI=1S/C18H19FN6O2/c19-11-1-2-13-14(7-11)24-16(23-13)3-4-17(26)25-6-5-21-18(27)15(25)8-12-9-20-10-22-12/h1-2,7,9-10,15H,3-6,8H2,(H,20,22)(H,21,27)(H,23,24)/t15-/m1/s1. The number of aromatic nitrogens is 4. The normalized spacial score (nSPS) is 17.3. The van der Waals surface area contributed by atoms with Crippen LogP contribution >= 0.6 is 0 Å². The summed E-state index contributed by atoms with van der Waals surface area (Å²) in [6.07, 6.45) is 4.20. The maximum absolute atomic E-state index is 13.3. The summed E-state index contributed by atoms with van der Waals surface area (Å²) < 4.78 is 13.3. The summed E-state index contributed by atoms with van der Waals surface area (Å²) in [6, 6.07) is 3.77. The van der Waals surface area contributed by atoms with Gasteiger partial charge in [0.25, 0.3) is 0 Å². The Hall–Kier alpha value is -3.23. The van der Waals surface area contributed by atoms with Gasteiger partial charge in [0, 0.05) is 44.2 Å². The summed E-state index contributed by atoms with van der Waals surface area (Å²) in [5.41, 5.74) is 2.06. The van der Waals surface area contributed by atoms with Crippen LogP contribution in [-0.2, 0) is 22.4 Å². The average molecular weight is 370 g/mol. The van der Waals surface area contributed by atoms with E-state index in [1.807, 2.05) is 0 Å². The molecule has 0 radical (unpaired) electrons. The number of benzene rings is 1. The summed E-state index contributed by atoms with van der Waals surface area (Å²) >= 11 is 0. The van der Waals surface area contributed by atoms with Crippen molar-refractivity contribution in [3.63, 3.8) is 0 Å². The summed E-state index contributed by atoms with van der Waals surface area (Å²) in [4.78, 5) is 41.0. The van der Waals surface area contributed by atoms with Crippen LogP contribution in [0.15, 0.2) is 30.7 Å². The Labute approximate surface area is 154 Å². The SMILES string of the molecule is O=C1NCCN(C(=O)CCc2nc3ccc(F)cc3[nH]2)[C@@H]1Cc1cnc[nH]1. The lowest BCUT2D eigenvalue weighted by molar-refractivity contribution is -0.143. The van der Waals surface area contributed by atoms with Crippen LogP contribution in [0.5, 0.6) is 0 Å². The number of carbonyl (C=O) groups excluding carboxylic acids is 2. The van der Waals surface area contributed by atoms with E-state index in [1.165, 1.54) is 12.1 Å². The fourth-order valence-electron chi connectivity index (χ4n) is 3.34. The molecule has 9 heteroatoms. The van der Waals surface area contributed by atoms with Crippen LogP contribution < -0.4 is 5.32 Å². The number of imidazole rings is 2. The van der Waals surface area contributed by atoms with Crippen molar-refractivity contribution in [1.29, 1.82) is 0 Å². The number of nitrogens with zero attached hydrogens (tertiary/aromatic N) is 3. The van der Waals surface area contributed by atoms with Crippen LogP contribution in [0.4, 0.5) is 4.39 Å². The van der Waals surface area contributed by atoms with Gasteiger partial charge in [-0.15, -0.1) is 0 Å². The molecule has 27 heavy (non-hydrogen) atoms. The van der Waals surface area contributed by atoms with Crippen LogP contribution in [-0.4, -0.2) is 55.8 Å². The van der Waals surface area contributed by atoms with E-state index in [-0.39, 0.29) is 24.1 Å². The Balaban J connectivity index is 1.44. The minimum atomic E-state index is -0.559. The molecule has 1 aliphatic rings. The average Bonchev–Trinajstić information content (AvgIpc) is 3.30. The summed E-state index contributed by atoms with van der Waals surface area (Å²) in [5, 5.41) is 2.81. The number of hydrogen-bond donors (Lipinski definition) is 3. The molecule has 3 aromatic rings. The Kier molecular flexibility index (Phi) is 4.57. The summed E-state index contributed by atoms with van der Waals surface area (Å²) in [7, 11) is 0. The molecular formula is C18H19FN6O2. The van der Waals surface area contributed by atoms with Gasteiger partial charge in [-0.1, -0.05) is 0 Å². The van der Waals surface area contributed by atoms with Crippen molar-refractivity contribution in [2.45, 2.75) is 25.3 Å². The highest BCUT2D eigenvalue weighted by Gasteiger charge is 2.33. The Morgan fingerprint density at radius 2 is 2.26 bits per heavy atom. The largest absolute Gasteiger partial charge is 0.353 e. The van der Waals surface area contributed by atoms with E-state index in [4.69, 9.17) is 0 Å². The molecule has 0 aliphatic carbocycles. The molecule has 1 atom stereocenters. The molecule has 1 saturated heterocycles. The molecule has 8 nitrogen and oxygen atoms in total. The molecule has 4 rings (SSSR count). The van der Waals surface area contributed by atoms with E-state index >= 15 is 0 Å². The number of aromatic amines is 2. The van der Waals surface area contributed by atoms with Gasteiger partial charge in [-0.2, -0.15) is 0 Å². The van der Waals surface area contributed by atoms with Crippen LogP contribution in [0, 0.1) is 5.82 Å². The molecule has 140 valence electrons. The van der Waals surface area contributed by atoms with Crippen LogP contribution in [0.25, 0.3) is 11.0 Å². The minimum absolute atomic E-state index is 0.110. The topological polar surface area (TPSA) is 107 Å². The highest BCUT2D eigenvalue weighted by atomic mass is 19.1. The smallest absolute Gasteiger partial charge is 0.243 e. The van der Waals surface area contributed by atoms with Crippen molar-refractivity contribution >= 4 is 22.8 Å². The Morgan fingerprint density at radius 3 is 3.07 bits per heavy atom. The van der Waals surface area contributed by atoms with Gasteiger partial charge in [0.2, 0.25) is 11.8 Å². The first-order valence-electron chi connectivity index (χ1n) is 8.79. The first-order valence-corrected chi connectivity index (χ1v) is 8.79. The first-order chi connectivity index (χ1) is 13.1. The van der Waals surface area contributed by atoms with Crippen LogP contribution in [0.3, 0.4) is 0 Å². The molecule has 0 saturated carbocycles.